The first-order chi connectivity index (χ1) is 13.4. The molecule has 0 fully saturated rings. The van der Waals surface area contributed by atoms with Gasteiger partial charge in [0.1, 0.15) is 0 Å². The van der Waals surface area contributed by atoms with Crippen LogP contribution < -0.4 is 10.6 Å². The molecule has 5 nitrogen and oxygen atoms in total. The van der Waals surface area contributed by atoms with Gasteiger partial charge in [-0.1, -0.05) is 42.0 Å². The predicted octanol–water partition coefficient (Wildman–Crippen LogP) is 3.23. The second-order valence-corrected chi connectivity index (χ2v) is 7.76. The van der Waals surface area contributed by atoms with Gasteiger partial charge in [0.05, 0.1) is 12.5 Å². The van der Waals surface area contributed by atoms with Crippen molar-refractivity contribution in [1.29, 1.82) is 0 Å². The highest BCUT2D eigenvalue weighted by molar-refractivity contribution is 5.99. The molecule has 1 atom stereocenters. The van der Waals surface area contributed by atoms with Crippen molar-refractivity contribution in [3.63, 3.8) is 0 Å². The second kappa shape index (κ2) is 9.02. The van der Waals surface area contributed by atoms with E-state index in [1.165, 1.54) is 16.7 Å². The summed E-state index contributed by atoms with van der Waals surface area (Å²) in [6.07, 6.45) is 2.59. The molecule has 1 aliphatic rings. The number of rotatable bonds is 8. The molecule has 2 amide bonds. The minimum absolute atomic E-state index is 0.0514. The molecule has 0 bridgehead atoms. The van der Waals surface area contributed by atoms with Crippen LogP contribution in [0.25, 0.3) is 0 Å². The van der Waals surface area contributed by atoms with E-state index in [-0.39, 0.29) is 17.9 Å². The summed E-state index contributed by atoms with van der Waals surface area (Å²) in [7, 11) is 4.06. The number of nitrogens with zero attached hydrogens (tertiary/aromatic N) is 1. The van der Waals surface area contributed by atoms with Crippen molar-refractivity contribution in [2.75, 3.05) is 26.0 Å². The van der Waals surface area contributed by atoms with Gasteiger partial charge in [-0.3, -0.25) is 9.59 Å². The number of hydrogen-bond donors (Lipinski definition) is 2. The summed E-state index contributed by atoms with van der Waals surface area (Å²) in [5, 5.41) is 5.92. The first-order valence-corrected chi connectivity index (χ1v) is 9.83. The molecule has 1 aliphatic heterocycles. The molecule has 0 saturated carbocycles. The fourth-order valence-corrected chi connectivity index (χ4v) is 3.58. The standard InChI is InChI=1S/C23H29N3O2/c1-16-7-10-18(11-8-16)21(26(2)3)15-24-22(27)6-4-5-17-9-12-20-19(13-17)14-23(28)25-20/h7-13,21H,4-6,14-15H2,1-3H3,(H,24,27)(H,25,28). The number of amides is 2. The number of hydrogen-bond acceptors (Lipinski definition) is 3. The summed E-state index contributed by atoms with van der Waals surface area (Å²) < 4.78 is 0. The minimum atomic E-state index is 0.0514. The van der Waals surface area contributed by atoms with Crippen molar-refractivity contribution in [3.8, 4) is 0 Å². The van der Waals surface area contributed by atoms with Gasteiger partial charge in [-0.05, 0) is 56.6 Å². The monoisotopic (exact) mass is 379 g/mol. The van der Waals surface area contributed by atoms with Crippen LogP contribution >= 0.6 is 0 Å². The minimum Gasteiger partial charge on any atom is -0.354 e. The second-order valence-electron chi connectivity index (χ2n) is 7.76. The molecule has 2 aromatic rings. The topological polar surface area (TPSA) is 61.4 Å². The number of nitrogens with one attached hydrogen (secondary N) is 2. The van der Waals surface area contributed by atoms with E-state index in [2.05, 4.69) is 52.8 Å². The van der Waals surface area contributed by atoms with E-state index >= 15 is 0 Å². The molecule has 0 saturated heterocycles. The molecule has 28 heavy (non-hydrogen) atoms. The third-order valence-electron chi connectivity index (χ3n) is 5.24. The predicted molar refractivity (Wildman–Crippen MR) is 112 cm³/mol. The summed E-state index contributed by atoms with van der Waals surface area (Å²) >= 11 is 0. The maximum atomic E-state index is 12.3. The highest BCUT2D eigenvalue weighted by Crippen LogP contribution is 2.24. The Kier molecular flexibility index (Phi) is 6.47. The maximum Gasteiger partial charge on any atom is 0.228 e. The van der Waals surface area contributed by atoms with E-state index in [4.69, 9.17) is 0 Å². The Morgan fingerprint density at radius 1 is 1.18 bits per heavy atom. The van der Waals surface area contributed by atoms with Gasteiger partial charge in [0.25, 0.3) is 0 Å². The smallest absolute Gasteiger partial charge is 0.228 e. The quantitative estimate of drug-likeness (QED) is 0.740. The Labute approximate surface area is 167 Å². The lowest BCUT2D eigenvalue weighted by molar-refractivity contribution is -0.121. The van der Waals surface area contributed by atoms with Gasteiger partial charge in [0.15, 0.2) is 0 Å². The molecular formula is C23H29N3O2. The average Bonchev–Trinajstić information content (AvgIpc) is 3.02. The molecule has 1 unspecified atom stereocenters. The summed E-state index contributed by atoms with van der Waals surface area (Å²) in [5.74, 6) is 0.132. The Balaban J connectivity index is 1.45. The largest absolute Gasteiger partial charge is 0.354 e. The summed E-state index contributed by atoms with van der Waals surface area (Å²) in [6, 6.07) is 14.7. The van der Waals surface area contributed by atoms with Crippen LogP contribution in [-0.4, -0.2) is 37.4 Å². The summed E-state index contributed by atoms with van der Waals surface area (Å²) in [6.45, 7) is 2.67. The van der Waals surface area contributed by atoms with E-state index in [0.29, 0.717) is 19.4 Å². The fraction of sp³-hybridized carbons (Fsp3) is 0.391. The van der Waals surface area contributed by atoms with E-state index < -0.39 is 0 Å². The van der Waals surface area contributed by atoms with Crippen LogP contribution in [0.1, 0.15) is 41.1 Å². The Morgan fingerprint density at radius 3 is 2.64 bits per heavy atom. The van der Waals surface area contributed by atoms with Crippen LogP contribution in [0.3, 0.4) is 0 Å². The molecule has 2 aromatic carbocycles. The van der Waals surface area contributed by atoms with Crippen LogP contribution in [0.4, 0.5) is 5.69 Å². The summed E-state index contributed by atoms with van der Waals surface area (Å²) in [4.78, 5) is 25.9. The van der Waals surface area contributed by atoms with Gasteiger partial charge in [-0.25, -0.2) is 0 Å². The molecule has 0 aromatic heterocycles. The number of carbonyl (C=O) groups is 2. The lowest BCUT2D eigenvalue weighted by Crippen LogP contribution is -2.34. The zero-order chi connectivity index (χ0) is 20.1. The van der Waals surface area contributed by atoms with E-state index in [1.54, 1.807) is 0 Å². The zero-order valence-electron chi connectivity index (χ0n) is 16.9. The zero-order valence-corrected chi connectivity index (χ0v) is 16.9. The number of anilines is 1. The number of fused-ring (bicyclic) bond motifs is 1. The summed E-state index contributed by atoms with van der Waals surface area (Å²) in [5.41, 5.74) is 5.58. The molecule has 0 spiro atoms. The molecule has 1 heterocycles. The van der Waals surface area contributed by atoms with Gasteiger partial charge < -0.3 is 15.5 Å². The molecule has 0 radical (unpaired) electrons. The van der Waals surface area contributed by atoms with Crippen LogP contribution in [0.2, 0.25) is 0 Å². The van der Waals surface area contributed by atoms with Gasteiger partial charge in [-0.15, -0.1) is 0 Å². The highest BCUT2D eigenvalue weighted by atomic mass is 16.2. The lowest BCUT2D eigenvalue weighted by atomic mass is 10.0. The van der Waals surface area contributed by atoms with Crippen molar-refractivity contribution >= 4 is 17.5 Å². The normalized spacial score (nSPS) is 13.9. The van der Waals surface area contributed by atoms with Gasteiger partial charge in [-0.2, -0.15) is 0 Å². The van der Waals surface area contributed by atoms with Crippen molar-refractivity contribution in [2.24, 2.45) is 0 Å². The van der Waals surface area contributed by atoms with Crippen LogP contribution in [0.5, 0.6) is 0 Å². The molecular weight excluding hydrogens is 350 g/mol. The third-order valence-corrected chi connectivity index (χ3v) is 5.24. The lowest BCUT2D eigenvalue weighted by Gasteiger charge is -2.25. The first kappa shape index (κ1) is 20.1. The van der Waals surface area contributed by atoms with E-state index in [0.717, 1.165) is 24.1 Å². The van der Waals surface area contributed by atoms with Gasteiger partial charge in [0, 0.05) is 18.7 Å². The number of likely N-dealkylation sites (N-methyl/N-ethyl adjacent to an activating group) is 1. The molecule has 0 aliphatic carbocycles. The first-order valence-electron chi connectivity index (χ1n) is 9.83. The van der Waals surface area contributed by atoms with Crippen molar-refractivity contribution in [1.82, 2.24) is 10.2 Å². The van der Waals surface area contributed by atoms with Crippen molar-refractivity contribution < 1.29 is 9.59 Å². The van der Waals surface area contributed by atoms with Crippen molar-refractivity contribution in [2.45, 2.75) is 38.6 Å². The maximum absolute atomic E-state index is 12.3. The van der Waals surface area contributed by atoms with E-state index in [1.807, 2.05) is 26.2 Å². The highest BCUT2D eigenvalue weighted by Gasteiger charge is 2.18. The Morgan fingerprint density at radius 2 is 1.93 bits per heavy atom. The van der Waals surface area contributed by atoms with Crippen LogP contribution in [-0.2, 0) is 22.4 Å². The van der Waals surface area contributed by atoms with Crippen LogP contribution in [0, 0.1) is 6.92 Å². The third kappa shape index (κ3) is 5.20. The molecule has 148 valence electrons. The molecule has 3 rings (SSSR count). The van der Waals surface area contributed by atoms with Gasteiger partial charge >= 0.3 is 0 Å². The van der Waals surface area contributed by atoms with Gasteiger partial charge in [0.2, 0.25) is 11.8 Å². The fourth-order valence-electron chi connectivity index (χ4n) is 3.58. The number of aryl methyl sites for hydroxylation is 2. The number of benzene rings is 2. The van der Waals surface area contributed by atoms with Crippen LogP contribution in [0.15, 0.2) is 42.5 Å². The Bertz CT molecular complexity index is 843. The average molecular weight is 380 g/mol. The van der Waals surface area contributed by atoms with E-state index in [9.17, 15) is 9.59 Å². The molecule has 5 heteroatoms. The Hall–Kier alpha value is -2.66. The SMILES string of the molecule is Cc1ccc(C(CNC(=O)CCCc2ccc3c(c2)CC(=O)N3)N(C)C)cc1. The molecule has 2 N–H and O–H groups in total. The van der Waals surface area contributed by atoms with Crippen molar-refractivity contribution in [3.05, 3.63) is 64.7 Å². The number of carbonyl (C=O) groups excluding carboxylic acids is 2.